The van der Waals surface area contributed by atoms with Gasteiger partial charge in [0.15, 0.2) is 11.5 Å². The Hall–Kier alpha value is -3.01. The standard InChI is InChI=1S/C27H33ClN2O6S/c1-5-20(2)30(37(32,33)24-11-9-22(28)10-12-24)19-27(31)29(18-23-7-6-16-36-23)15-14-21-8-13-25(34-3)26(17-21)35-4/h6-13,16-17,20H,5,14-15,18-19H2,1-4H3/t20-/m1/s1. The van der Waals surface area contributed by atoms with Crippen LogP contribution in [0, 0.1) is 0 Å². The SMILES string of the molecule is CC[C@@H](C)N(CC(=O)N(CCc1ccc(OC)c(OC)c1)Cc1ccco1)S(=O)(=O)c1ccc(Cl)cc1. The van der Waals surface area contributed by atoms with E-state index < -0.39 is 10.0 Å². The zero-order chi connectivity index (χ0) is 27.0. The van der Waals surface area contributed by atoms with E-state index in [1.54, 1.807) is 44.4 Å². The first-order valence-electron chi connectivity index (χ1n) is 12.0. The van der Waals surface area contributed by atoms with Crippen LogP contribution in [-0.4, -0.2) is 56.9 Å². The van der Waals surface area contributed by atoms with E-state index in [2.05, 4.69) is 0 Å². The first-order chi connectivity index (χ1) is 17.7. The number of amides is 1. The normalized spacial score (nSPS) is 12.4. The quantitative estimate of drug-likeness (QED) is 0.298. The lowest BCUT2D eigenvalue weighted by Crippen LogP contribution is -2.46. The van der Waals surface area contributed by atoms with E-state index in [0.29, 0.717) is 41.7 Å². The summed E-state index contributed by atoms with van der Waals surface area (Å²) in [6.45, 7) is 3.95. The average Bonchev–Trinajstić information content (AvgIpc) is 3.42. The zero-order valence-electron chi connectivity index (χ0n) is 21.5. The summed E-state index contributed by atoms with van der Waals surface area (Å²) >= 11 is 5.95. The third-order valence-corrected chi connectivity index (χ3v) is 8.42. The lowest BCUT2D eigenvalue weighted by atomic mass is 10.1. The molecule has 1 heterocycles. The van der Waals surface area contributed by atoms with Crippen LogP contribution in [0.3, 0.4) is 0 Å². The maximum atomic E-state index is 13.6. The highest BCUT2D eigenvalue weighted by Gasteiger charge is 2.32. The van der Waals surface area contributed by atoms with Gasteiger partial charge in [0.1, 0.15) is 5.76 Å². The molecule has 0 spiro atoms. The molecule has 3 aromatic rings. The molecule has 0 saturated heterocycles. The van der Waals surface area contributed by atoms with Gasteiger partial charge in [0.25, 0.3) is 0 Å². The molecule has 0 aliphatic heterocycles. The van der Waals surface area contributed by atoms with E-state index in [4.69, 9.17) is 25.5 Å². The number of halogens is 1. The highest BCUT2D eigenvalue weighted by atomic mass is 35.5. The van der Waals surface area contributed by atoms with Crippen molar-refractivity contribution in [3.8, 4) is 11.5 Å². The Morgan fingerprint density at radius 3 is 2.35 bits per heavy atom. The number of carbonyl (C=O) groups is 1. The van der Waals surface area contributed by atoms with Crippen molar-refractivity contribution >= 4 is 27.5 Å². The van der Waals surface area contributed by atoms with Gasteiger partial charge in [-0.2, -0.15) is 4.31 Å². The number of rotatable bonds is 13. The van der Waals surface area contributed by atoms with Gasteiger partial charge in [0.2, 0.25) is 15.9 Å². The van der Waals surface area contributed by atoms with Crippen molar-refractivity contribution in [3.63, 3.8) is 0 Å². The predicted molar refractivity (Wildman–Crippen MR) is 142 cm³/mol. The molecule has 1 aromatic heterocycles. The summed E-state index contributed by atoms with van der Waals surface area (Å²) in [5.74, 6) is 1.50. The van der Waals surface area contributed by atoms with Gasteiger partial charge in [0, 0.05) is 17.6 Å². The third-order valence-electron chi connectivity index (χ3n) is 6.19. The van der Waals surface area contributed by atoms with Crippen LogP contribution in [-0.2, 0) is 27.8 Å². The predicted octanol–water partition coefficient (Wildman–Crippen LogP) is 5.01. The van der Waals surface area contributed by atoms with E-state index in [-0.39, 0.29) is 29.9 Å². The van der Waals surface area contributed by atoms with Gasteiger partial charge in [-0.1, -0.05) is 24.6 Å². The Morgan fingerprint density at radius 1 is 1.05 bits per heavy atom. The summed E-state index contributed by atoms with van der Waals surface area (Å²) < 4.78 is 44.4. The highest BCUT2D eigenvalue weighted by Crippen LogP contribution is 2.28. The summed E-state index contributed by atoms with van der Waals surface area (Å²) in [4.78, 5) is 15.3. The van der Waals surface area contributed by atoms with Gasteiger partial charge >= 0.3 is 0 Å². The fourth-order valence-corrected chi connectivity index (χ4v) is 5.62. The van der Waals surface area contributed by atoms with Gasteiger partial charge < -0.3 is 18.8 Å². The Morgan fingerprint density at radius 2 is 1.76 bits per heavy atom. The second kappa shape index (κ2) is 13.0. The van der Waals surface area contributed by atoms with Crippen LogP contribution in [0.5, 0.6) is 11.5 Å². The number of nitrogens with zero attached hydrogens (tertiary/aromatic N) is 2. The molecule has 1 atom stereocenters. The summed E-state index contributed by atoms with van der Waals surface area (Å²) in [7, 11) is -0.790. The van der Waals surface area contributed by atoms with Crippen LogP contribution in [0.4, 0.5) is 0 Å². The van der Waals surface area contributed by atoms with E-state index in [9.17, 15) is 13.2 Å². The second-order valence-corrected chi connectivity index (χ2v) is 10.9. The lowest BCUT2D eigenvalue weighted by Gasteiger charge is -2.30. The van der Waals surface area contributed by atoms with Crippen LogP contribution < -0.4 is 9.47 Å². The van der Waals surface area contributed by atoms with Gasteiger partial charge in [0.05, 0.1) is 38.5 Å². The number of hydrogen-bond acceptors (Lipinski definition) is 6. The maximum absolute atomic E-state index is 13.6. The number of hydrogen-bond donors (Lipinski definition) is 0. The number of sulfonamides is 1. The monoisotopic (exact) mass is 548 g/mol. The fourth-order valence-electron chi connectivity index (χ4n) is 3.84. The molecule has 0 radical (unpaired) electrons. The summed E-state index contributed by atoms with van der Waals surface area (Å²) in [5, 5.41) is 0.435. The Kier molecular flexibility index (Phi) is 10.0. The van der Waals surface area contributed by atoms with Gasteiger partial charge in [-0.15, -0.1) is 0 Å². The molecule has 0 aliphatic rings. The van der Waals surface area contributed by atoms with Crippen molar-refractivity contribution in [2.45, 2.75) is 44.2 Å². The third kappa shape index (κ3) is 7.28. The molecule has 2 aromatic carbocycles. The Balaban J connectivity index is 1.84. The molecular formula is C27H33ClN2O6S. The van der Waals surface area contributed by atoms with Crippen molar-refractivity contribution in [2.75, 3.05) is 27.3 Å². The lowest BCUT2D eigenvalue weighted by molar-refractivity contribution is -0.132. The summed E-state index contributed by atoms with van der Waals surface area (Å²) in [6.07, 6.45) is 2.62. The maximum Gasteiger partial charge on any atom is 0.243 e. The fraction of sp³-hybridized carbons (Fsp3) is 0.370. The van der Waals surface area contributed by atoms with Gasteiger partial charge in [-0.25, -0.2) is 8.42 Å². The van der Waals surface area contributed by atoms with Crippen LogP contribution in [0.25, 0.3) is 0 Å². The molecular weight excluding hydrogens is 516 g/mol. The molecule has 0 fully saturated rings. The van der Waals surface area contributed by atoms with Crippen LogP contribution in [0.2, 0.25) is 5.02 Å². The largest absolute Gasteiger partial charge is 0.493 e. The molecule has 0 saturated carbocycles. The van der Waals surface area contributed by atoms with Crippen molar-refractivity contribution in [1.82, 2.24) is 9.21 Å². The second-order valence-electron chi connectivity index (χ2n) is 8.60. The smallest absolute Gasteiger partial charge is 0.243 e. The minimum absolute atomic E-state index is 0.0907. The van der Waals surface area contributed by atoms with Crippen molar-refractivity contribution in [2.24, 2.45) is 0 Å². The van der Waals surface area contributed by atoms with E-state index >= 15 is 0 Å². The number of furan rings is 1. The Labute approximate surface area is 223 Å². The minimum Gasteiger partial charge on any atom is -0.493 e. The molecule has 8 nitrogen and oxygen atoms in total. The van der Waals surface area contributed by atoms with Crippen molar-refractivity contribution in [3.05, 3.63) is 77.2 Å². The minimum atomic E-state index is -3.93. The van der Waals surface area contributed by atoms with Crippen LogP contribution in [0.15, 0.2) is 70.2 Å². The first-order valence-corrected chi connectivity index (χ1v) is 13.8. The summed E-state index contributed by atoms with van der Waals surface area (Å²) in [5.41, 5.74) is 0.947. The van der Waals surface area contributed by atoms with Crippen molar-refractivity contribution in [1.29, 1.82) is 0 Å². The molecule has 0 aliphatic carbocycles. The molecule has 10 heteroatoms. The zero-order valence-corrected chi connectivity index (χ0v) is 23.1. The number of benzene rings is 2. The highest BCUT2D eigenvalue weighted by molar-refractivity contribution is 7.89. The Bertz CT molecular complexity index is 1260. The molecule has 3 rings (SSSR count). The summed E-state index contributed by atoms with van der Waals surface area (Å²) in [6, 6.07) is 14.7. The number of ether oxygens (including phenoxy) is 2. The van der Waals surface area contributed by atoms with E-state index in [0.717, 1.165) is 5.56 Å². The average molecular weight is 549 g/mol. The molecule has 200 valence electrons. The molecule has 0 unspecified atom stereocenters. The van der Waals surface area contributed by atoms with Gasteiger partial charge in [-0.05, 0) is 73.9 Å². The molecule has 1 amide bonds. The van der Waals surface area contributed by atoms with E-state index in [1.165, 1.54) is 28.6 Å². The van der Waals surface area contributed by atoms with Crippen LogP contribution >= 0.6 is 11.6 Å². The molecule has 37 heavy (non-hydrogen) atoms. The van der Waals surface area contributed by atoms with Gasteiger partial charge in [-0.3, -0.25) is 4.79 Å². The first kappa shape index (κ1) is 28.6. The van der Waals surface area contributed by atoms with Crippen molar-refractivity contribution < 1.29 is 27.1 Å². The van der Waals surface area contributed by atoms with Crippen LogP contribution in [0.1, 0.15) is 31.6 Å². The van der Waals surface area contributed by atoms with E-state index in [1.807, 2.05) is 25.1 Å². The number of methoxy groups -OCH3 is 2. The molecule has 0 N–H and O–H groups in total. The number of carbonyl (C=O) groups excluding carboxylic acids is 1. The topological polar surface area (TPSA) is 89.3 Å². The molecule has 0 bridgehead atoms.